The first kappa shape index (κ1) is 21.4. The fourth-order valence-corrected chi connectivity index (χ4v) is 4.42. The average molecular weight is 406 g/mol. The molecule has 0 aliphatic heterocycles. The monoisotopic (exact) mass is 406 g/mol. The number of carbonyl (C=O) groups excluding carboxylic acids is 1. The van der Waals surface area contributed by atoms with Gasteiger partial charge in [0, 0.05) is 12.1 Å². The first-order valence-corrected chi connectivity index (χ1v) is 10.0. The third-order valence-electron chi connectivity index (χ3n) is 4.16. The summed E-state index contributed by atoms with van der Waals surface area (Å²) >= 11 is 0. The summed E-state index contributed by atoms with van der Waals surface area (Å²) in [6, 6.07) is 8.84. The number of ether oxygens (including phenoxy) is 1. The van der Waals surface area contributed by atoms with Crippen LogP contribution in [0.3, 0.4) is 0 Å². The molecule has 28 heavy (non-hydrogen) atoms. The van der Waals surface area contributed by atoms with Gasteiger partial charge in [0.1, 0.15) is 6.54 Å². The molecule has 8 nitrogen and oxygen atoms in total. The minimum absolute atomic E-state index is 0.107. The molecule has 0 unspecified atom stereocenters. The number of nitro groups is 1. The van der Waals surface area contributed by atoms with E-state index in [2.05, 4.69) is 0 Å². The molecule has 0 N–H and O–H groups in total. The molecule has 0 fully saturated rings. The third kappa shape index (κ3) is 4.48. The van der Waals surface area contributed by atoms with E-state index in [1.807, 2.05) is 6.07 Å². The molecule has 0 atom stereocenters. The van der Waals surface area contributed by atoms with Crippen LogP contribution in [0.15, 0.2) is 41.3 Å². The average Bonchev–Trinajstić information content (AvgIpc) is 2.62. The molecule has 0 saturated carbocycles. The minimum atomic E-state index is -4.27. The molecule has 0 bridgehead atoms. The summed E-state index contributed by atoms with van der Waals surface area (Å²) in [4.78, 5) is 22.4. The zero-order valence-corrected chi connectivity index (χ0v) is 16.9. The third-order valence-corrected chi connectivity index (χ3v) is 6.06. The number of carbonyl (C=O) groups is 1. The van der Waals surface area contributed by atoms with Crippen molar-refractivity contribution in [2.24, 2.45) is 0 Å². The van der Waals surface area contributed by atoms with Crippen LogP contribution in [0.5, 0.6) is 0 Å². The van der Waals surface area contributed by atoms with Crippen molar-refractivity contribution in [3.63, 3.8) is 0 Å². The number of anilines is 1. The lowest BCUT2D eigenvalue weighted by molar-refractivity contribution is -0.385. The number of aryl methyl sites for hydroxylation is 3. The van der Waals surface area contributed by atoms with E-state index in [9.17, 15) is 23.3 Å². The number of benzene rings is 2. The summed E-state index contributed by atoms with van der Waals surface area (Å²) in [6.07, 6.45) is 0. The van der Waals surface area contributed by atoms with E-state index in [4.69, 9.17) is 4.74 Å². The Morgan fingerprint density at radius 1 is 1.11 bits per heavy atom. The Balaban J connectivity index is 2.68. The first-order valence-electron chi connectivity index (χ1n) is 8.58. The van der Waals surface area contributed by atoms with E-state index in [0.717, 1.165) is 15.9 Å². The van der Waals surface area contributed by atoms with E-state index in [1.165, 1.54) is 12.1 Å². The largest absolute Gasteiger partial charge is 0.465 e. The number of esters is 1. The van der Waals surface area contributed by atoms with E-state index >= 15 is 0 Å². The standard InChI is InChI=1S/C19H22N2O6S/c1-5-27-19(22)12-20(17-10-13(2)6-7-14(17)3)28(25,26)18-11-16(21(23)24)9-8-15(18)4/h6-11H,5,12H2,1-4H3. The van der Waals surface area contributed by atoms with Gasteiger partial charge in [-0.25, -0.2) is 8.42 Å². The van der Waals surface area contributed by atoms with Gasteiger partial charge in [-0.3, -0.25) is 19.2 Å². The van der Waals surface area contributed by atoms with E-state index in [0.29, 0.717) is 16.8 Å². The topological polar surface area (TPSA) is 107 Å². The molecular formula is C19H22N2O6S. The van der Waals surface area contributed by atoms with Crippen LogP contribution in [0.1, 0.15) is 23.6 Å². The highest BCUT2D eigenvalue weighted by Crippen LogP contribution is 2.31. The van der Waals surface area contributed by atoms with Gasteiger partial charge in [0.2, 0.25) is 0 Å². The van der Waals surface area contributed by atoms with Crippen LogP contribution in [0.2, 0.25) is 0 Å². The molecular weight excluding hydrogens is 384 g/mol. The smallest absolute Gasteiger partial charge is 0.326 e. The Morgan fingerprint density at radius 2 is 1.75 bits per heavy atom. The molecule has 0 aromatic heterocycles. The highest BCUT2D eigenvalue weighted by molar-refractivity contribution is 7.93. The Morgan fingerprint density at radius 3 is 2.36 bits per heavy atom. The SMILES string of the molecule is CCOC(=O)CN(c1cc(C)ccc1C)S(=O)(=O)c1cc([N+](=O)[O-])ccc1C. The van der Waals surface area contributed by atoms with Crippen molar-refractivity contribution in [1.29, 1.82) is 0 Å². The number of hydrogen-bond acceptors (Lipinski definition) is 6. The highest BCUT2D eigenvalue weighted by atomic mass is 32.2. The van der Waals surface area contributed by atoms with Gasteiger partial charge in [-0.2, -0.15) is 0 Å². The van der Waals surface area contributed by atoms with Crippen molar-refractivity contribution in [2.75, 3.05) is 17.5 Å². The van der Waals surface area contributed by atoms with Crippen LogP contribution >= 0.6 is 0 Å². The Labute approximate surface area is 163 Å². The fourth-order valence-electron chi connectivity index (χ4n) is 2.71. The van der Waals surface area contributed by atoms with Gasteiger partial charge in [0.25, 0.3) is 15.7 Å². The van der Waals surface area contributed by atoms with E-state index < -0.39 is 27.5 Å². The number of nitro benzene ring substituents is 1. The van der Waals surface area contributed by atoms with Crippen molar-refractivity contribution < 1.29 is 22.9 Å². The maximum Gasteiger partial charge on any atom is 0.326 e. The van der Waals surface area contributed by atoms with Crippen LogP contribution in [-0.2, 0) is 19.6 Å². The van der Waals surface area contributed by atoms with Crippen molar-refractivity contribution in [2.45, 2.75) is 32.6 Å². The Bertz CT molecular complexity index is 1020. The normalized spacial score (nSPS) is 11.1. The predicted octanol–water partition coefficient (Wildman–Crippen LogP) is 3.28. The minimum Gasteiger partial charge on any atom is -0.465 e. The molecule has 9 heteroatoms. The van der Waals surface area contributed by atoms with Crippen LogP contribution in [0, 0.1) is 30.9 Å². The second kappa shape index (κ2) is 8.39. The zero-order valence-electron chi connectivity index (χ0n) is 16.1. The van der Waals surface area contributed by atoms with Gasteiger partial charge in [-0.05, 0) is 50.5 Å². The molecule has 0 aliphatic carbocycles. The fraction of sp³-hybridized carbons (Fsp3) is 0.316. The second-order valence-corrected chi connectivity index (χ2v) is 8.14. The van der Waals surface area contributed by atoms with E-state index in [-0.39, 0.29) is 17.2 Å². The molecule has 2 aromatic rings. The molecule has 0 spiro atoms. The van der Waals surface area contributed by atoms with Crippen LogP contribution in [-0.4, -0.2) is 32.5 Å². The lowest BCUT2D eigenvalue weighted by Gasteiger charge is -2.26. The number of hydrogen-bond donors (Lipinski definition) is 0. The zero-order chi connectivity index (χ0) is 21.1. The molecule has 2 rings (SSSR count). The van der Waals surface area contributed by atoms with Gasteiger partial charge in [0.05, 0.1) is 22.1 Å². The Kier molecular flexibility index (Phi) is 6.40. The molecule has 2 aromatic carbocycles. The molecule has 0 heterocycles. The van der Waals surface area contributed by atoms with Crippen LogP contribution in [0.25, 0.3) is 0 Å². The molecule has 150 valence electrons. The molecule has 0 saturated heterocycles. The molecule has 0 aliphatic rings. The summed E-state index contributed by atoms with van der Waals surface area (Å²) in [5, 5.41) is 11.1. The second-order valence-electron chi connectivity index (χ2n) is 6.31. The number of rotatable bonds is 7. The number of non-ortho nitro benzene ring substituents is 1. The quantitative estimate of drug-likeness (QED) is 0.397. The summed E-state index contributed by atoms with van der Waals surface area (Å²) < 4.78 is 32.7. The van der Waals surface area contributed by atoms with E-state index in [1.54, 1.807) is 39.8 Å². The molecule has 0 amide bonds. The summed E-state index contributed by atoms with van der Waals surface area (Å²) in [5.74, 6) is -0.713. The lowest BCUT2D eigenvalue weighted by Crippen LogP contribution is -2.37. The summed E-state index contributed by atoms with van der Waals surface area (Å²) in [5.41, 5.74) is 1.76. The van der Waals surface area contributed by atoms with Crippen LogP contribution < -0.4 is 4.31 Å². The van der Waals surface area contributed by atoms with Gasteiger partial charge in [-0.1, -0.05) is 18.2 Å². The van der Waals surface area contributed by atoms with Gasteiger partial charge in [-0.15, -0.1) is 0 Å². The van der Waals surface area contributed by atoms with Crippen molar-refractivity contribution >= 4 is 27.4 Å². The van der Waals surface area contributed by atoms with Crippen molar-refractivity contribution in [1.82, 2.24) is 0 Å². The first-order chi connectivity index (χ1) is 13.1. The van der Waals surface area contributed by atoms with Gasteiger partial charge in [0.15, 0.2) is 0 Å². The predicted molar refractivity (Wildman–Crippen MR) is 105 cm³/mol. The summed E-state index contributed by atoms with van der Waals surface area (Å²) in [6.45, 7) is 6.26. The maximum absolute atomic E-state index is 13.4. The lowest BCUT2D eigenvalue weighted by atomic mass is 10.1. The van der Waals surface area contributed by atoms with Crippen molar-refractivity contribution in [3.8, 4) is 0 Å². The Hall–Kier alpha value is -2.94. The van der Waals surface area contributed by atoms with Crippen LogP contribution in [0.4, 0.5) is 11.4 Å². The van der Waals surface area contributed by atoms with Crippen molar-refractivity contribution in [3.05, 3.63) is 63.2 Å². The summed E-state index contributed by atoms with van der Waals surface area (Å²) in [7, 11) is -4.27. The highest BCUT2D eigenvalue weighted by Gasteiger charge is 2.31. The van der Waals surface area contributed by atoms with Gasteiger partial charge >= 0.3 is 5.97 Å². The number of sulfonamides is 1. The maximum atomic E-state index is 13.4. The van der Waals surface area contributed by atoms with Gasteiger partial charge < -0.3 is 4.74 Å². The number of nitrogens with zero attached hydrogens (tertiary/aromatic N) is 2. The molecule has 0 radical (unpaired) electrons.